The summed E-state index contributed by atoms with van der Waals surface area (Å²) in [6.45, 7) is 0.636. The summed E-state index contributed by atoms with van der Waals surface area (Å²) in [6.07, 6.45) is 6.75. The summed E-state index contributed by atoms with van der Waals surface area (Å²) in [5.74, 6) is -0.285. The molecule has 1 atom stereocenters. The van der Waals surface area contributed by atoms with Crippen molar-refractivity contribution in [2.45, 2.75) is 57.0 Å². The Kier molecular flexibility index (Phi) is 5.38. The van der Waals surface area contributed by atoms with Gasteiger partial charge in [0.15, 0.2) is 0 Å². The number of hydrogen-bond acceptors (Lipinski definition) is 3. The van der Waals surface area contributed by atoms with Crippen molar-refractivity contribution in [2.24, 2.45) is 0 Å². The van der Waals surface area contributed by atoms with E-state index in [1.165, 1.54) is 31.9 Å². The zero-order valence-electron chi connectivity index (χ0n) is 14.3. The Balaban J connectivity index is 1.77. The first-order chi connectivity index (χ1) is 11.7. The number of methoxy groups -OCH3 is 1. The number of hydrogen-bond donors (Lipinski definition) is 1. The lowest BCUT2D eigenvalue weighted by Crippen LogP contribution is -2.49. The summed E-state index contributed by atoms with van der Waals surface area (Å²) < 4.78 is 4.85. The third kappa shape index (κ3) is 3.71. The van der Waals surface area contributed by atoms with Gasteiger partial charge in [-0.2, -0.15) is 0 Å². The van der Waals surface area contributed by atoms with Crippen molar-refractivity contribution in [1.29, 1.82) is 0 Å². The minimum atomic E-state index is -0.285. The second-order valence-corrected chi connectivity index (χ2v) is 6.72. The average molecular weight is 330 g/mol. The second kappa shape index (κ2) is 7.69. The highest BCUT2D eigenvalue weighted by molar-refractivity contribution is 5.77. The molecule has 0 radical (unpaired) electrons. The molecule has 0 bridgehead atoms. The van der Waals surface area contributed by atoms with Gasteiger partial charge in [-0.1, -0.05) is 43.5 Å². The molecule has 1 fully saturated rings. The van der Waals surface area contributed by atoms with Crippen molar-refractivity contribution in [3.8, 4) is 0 Å². The van der Waals surface area contributed by atoms with Gasteiger partial charge in [-0.15, -0.1) is 0 Å². The summed E-state index contributed by atoms with van der Waals surface area (Å²) in [4.78, 5) is 26.5. The number of amides is 2. The van der Waals surface area contributed by atoms with Crippen molar-refractivity contribution in [3.63, 3.8) is 0 Å². The summed E-state index contributed by atoms with van der Waals surface area (Å²) in [7, 11) is 1.39. The van der Waals surface area contributed by atoms with Gasteiger partial charge >= 0.3 is 12.0 Å². The predicted molar refractivity (Wildman–Crippen MR) is 91.6 cm³/mol. The zero-order chi connectivity index (χ0) is 16.9. The van der Waals surface area contributed by atoms with Crippen LogP contribution >= 0.6 is 0 Å². The Labute approximate surface area is 143 Å². The fourth-order valence-electron chi connectivity index (χ4n) is 3.86. The minimum absolute atomic E-state index is 0.0506. The molecule has 1 unspecified atom stereocenters. The van der Waals surface area contributed by atoms with Crippen molar-refractivity contribution in [2.75, 3.05) is 13.7 Å². The molecule has 2 aliphatic rings. The molecular weight excluding hydrogens is 304 g/mol. The van der Waals surface area contributed by atoms with E-state index in [4.69, 9.17) is 4.74 Å². The van der Waals surface area contributed by atoms with Crippen LogP contribution < -0.4 is 5.32 Å². The molecule has 130 valence electrons. The van der Waals surface area contributed by atoms with Gasteiger partial charge in [-0.3, -0.25) is 4.79 Å². The van der Waals surface area contributed by atoms with Crippen molar-refractivity contribution in [1.82, 2.24) is 10.2 Å². The van der Waals surface area contributed by atoms with E-state index in [9.17, 15) is 9.59 Å². The largest absolute Gasteiger partial charge is 0.469 e. The van der Waals surface area contributed by atoms with E-state index < -0.39 is 0 Å². The van der Waals surface area contributed by atoms with Crippen molar-refractivity contribution >= 4 is 12.0 Å². The summed E-state index contributed by atoms with van der Waals surface area (Å²) >= 11 is 0. The SMILES string of the molecule is COC(=O)CC1c2ccccc2CCN1C(=O)NC1CCCCC1. The highest BCUT2D eigenvalue weighted by Crippen LogP contribution is 2.32. The molecule has 1 N–H and O–H groups in total. The number of urea groups is 1. The van der Waals surface area contributed by atoms with E-state index in [1.54, 1.807) is 0 Å². The third-order valence-corrected chi connectivity index (χ3v) is 5.19. The molecule has 5 heteroatoms. The summed E-state index contributed by atoms with van der Waals surface area (Å²) in [6, 6.07) is 8.04. The molecule has 0 saturated heterocycles. The fraction of sp³-hybridized carbons (Fsp3) is 0.579. The van der Waals surface area contributed by atoms with Crippen LogP contribution in [-0.4, -0.2) is 36.6 Å². The third-order valence-electron chi connectivity index (χ3n) is 5.19. The van der Waals surface area contributed by atoms with Gasteiger partial charge in [0.2, 0.25) is 0 Å². The van der Waals surface area contributed by atoms with Crippen LogP contribution in [0.3, 0.4) is 0 Å². The van der Waals surface area contributed by atoms with Crippen LogP contribution in [0.5, 0.6) is 0 Å². The average Bonchev–Trinajstić information content (AvgIpc) is 2.62. The van der Waals surface area contributed by atoms with Crippen LogP contribution in [0.2, 0.25) is 0 Å². The van der Waals surface area contributed by atoms with Crippen LogP contribution in [0.25, 0.3) is 0 Å². The number of rotatable bonds is 3. The molecule has 3 rings (SSSR count). The monoisotopic (exact) mass is 330 g/mol. The number of esters is 1. The van der Waals surface area contributed by atoms with Crippen LogP contribution in [0.4, 0.5) is 4.79 Å². The van der Waals surface area contributed by atoms with E-state index in [0.717, 1.165) is 24.8 Å². The van der Waals surface area contributed by atoms with E-state index in [1.807, 2.05) is 23.1 Å². The van der Waals surface area contributed by atoms with Crippen LogP contribution in [0.1, 0.15) is 55.7 Å². The topological polar surface area (TPSA) is 58.6 Å². The molecule has 2 amide bonds. The van der Waals surface area contributed by atoms with Gasteiger partial charge in [0, 0.05) is 12.6 Å². The van der Waals surface area contributed by atoms with Gasteiger partial charge in [0.1, 0.15) is 0 Å². The van der Waals surface area contributed by atoms with E-state index in [-0.39, 0.29) is 30.5 Å². The maximum atomic E-state index is 12.8. The molecule has 0 aromatic heterocycles. The molecule has 5 nitrogen and oxygen atoms in total. The zero-order valence-corrected chi connectivity index (χ0v) is 14.3. The first-order valence-corrected chi connectivity index (χ1v) is 8.91. The van der Waals surface area contributed by atoms with E-state index >= 15 is 0 Å². The molecule has 0 spiro atoms. The number of carbonyl (C=O) groups is 2. The first kappa shape index (κ1) is 16.8. The molecule has 1 aliphatic heterocycles. The molecule has 1 saturated carbocycles. The number of benzene rings is 1. The Hall–Kier alpha value is -2.04. The molecular formula is C19H26N2O3. The van der Waals surface area contributed by atoms with E-state index in [0.29, 0.717) is 6.54 Å². The standard InChI is InChI=1S/C19H26N2O3/c1-24-18(22)13-17-16-10-6-5-7-14(16)11-12-21(17)19(23)20-15-8-3-2-4-9-15/h5-7,10,15,17H,2-4,8-9,11-13H2,1H3,(H,20,23). The number of carbonyl (C=O) groups excluding carboxylic acids is 2. The van der Waals surface area contributed by atoms with Crippen LogP contribution in [0, 0.1) is 0 Å². The Morgan fingerprint density at radius 3 is 2.71 bits per heavy atom. The highest BCUT2D eigenvalue weighted by atomic mass is 16.5. The van der Waals surface area contributed by atoms with E-state index in [2.05, 4.69) is 11.4 Å². The lowest BCUT2D eigenvalue weighted by Gasteiger charge is -2.38. The summed E-state index contributed by atoms with van der Waals surface area (Å²) in [5, 5.41) is 3.18. The molecule has 1 heterocycles. The van der Waals surface area contributed by atoms with Gasteiger partial charge in [-0.25, -0.2) is 4.79 Å². The molecule has 24 heavy (non-hydrogen) atoms. The van der Waals surface area contributed by atoms with Gasteiger partial charge in [0.05, 0.1) is 19.6 Å². The minimum Gasteiger partial charge on any atom is -0.469 e. The van der Waals surface area contributed by atoms with Crippen LogP contribution in [0.15, 0.2) is 24.3 Å². The highest BCUT2D eigenvalue weighted by Gasteiger charge is 2.33. The Bertz CT molecular complexity index is 596. The summed E-state index contributed by atoms with van der Waals surface area (Å²) in [5.41, 5.74) is 2.28. The number of nitrogens with one attached hydrogen (secondary N) is 1. The Morgan fingerprint density at radius 1 is 1.21 bits per heavy atom. The molecule has 1 aromatic rings. The quantitative estimate of drug-likeness (QED) is 0.866. The molecule has 1 aliphatic carbocycles. The number of ether oxygens (including phenoxy) is 1. The number of nitrogens with zero attached hydrogens (tertiary/aromatic N) is 1. The molecule has 1 aromatic carbocycles. The van der Waals surface area contributed by atoms with Crippen LogP contribution in [-0.2, 0) is 16.0 Å². The van der Waals surface area contributed by atoms with Crippen molar-refractivity contribution in [3.05, 3.63) is 35.4 Å². The van der Waals surface area contributed by atoms with Crippen molar-refractivity contribution < 1.29 is 14.3 Å². The fourth-order valence-corrected chi connectivity index (χ4v) is 3.86. The lowest BCUT2D eigenvalue weighted by atomic mass is 9.90. The van der Waals surface area contributed by atoms with Gasteiger partial charge in [0.25, 0.3) is 0 Å². The number of fused-ring (bicyclic) bond motifs is 1. The maximum Gasteiger partial charge on any atom is 0.318 e. The predicted octanol–water partition coefficient (Wildman–Crippen LogP) is 3.19. The maximum absolute atomic E-state index is 12.8. The lowest BCUT2D eigenvalue weighted by molar-refractivity contribution is -0.141. The normalized spacial score (nSPS) is 21.0. The Morgan fingerprint density at radius 2 is 1.96 bits per heavy atom. The smallest absolute Gasteiger partial charge is 0.318 e. The van der Waals surface area contributed by atoms with Gasteiger partial charge < -0.3 is 15.0 Å². The second-order valence-electron chi connectivity index (χ2n) is 6.72. The van der Waals surface area contributed by atoms with Gasteiger partial charge in [-0.05, 0) is 30.4 Å². The first-order valence-electron chi connectivity index (χ1n) is 8.91.